The highest BCUT2D eigenvalue weighted by atomic mass is 32.1. The first-order valence-electron chi connectivity index (χ1n) is 10.6. The Hall–Kier alpha value is -2.42. The molecule has 170 valence electrons. The van der Waals surface area contributed by atoms with Gasteiger partial charge in [0.15, 0.2) is 5.13 Å². The Kier molecular flexibility index (Phi) is 11.1. The Morgan fingerprint density at radius 2 is 2.19 bits per heavy atom. The van der Waals surface area contributed by atoms with Gasteiger partial charge < -0.3 is 20.1 Å². The van der Waals surface area contributed by atoms with Crippen molar-refractivity contribution in [3.8, 4) is 5.75 Å². The van der Waals surface area contributed by atoms with Crippen LogP contribution in [0.3, 0.4) is 0 Å². The molecule has 7 nitrogen and oxygen atoms in total. The molecular formula is C23H34N4O3S. The number of nitrogens with zero attached hydrogens (tertiary/aromatic N) is 2. The number of nitrogens with one attached hydrogen (secondary N) is 2. The molecule has 2 rings (SSSR count). The zero-order valence-corrected chi connectivity index (χ0v) is 19.6. The van der Waals surface area contributed by atoms with Crippen LogP contribution in [0.2, 0.25) is 0 Å². The van der Waals surface area contributed by atoms with Crippen molar-refractivity contribution in [3.63, 3.8) is 0 Å². The van der Waals surface area contributed by atoms with Gasteiger partial charge in [-0.2, -0.15) is 0 Å². The monoisotopic (exact) mass is 446 g/mol. The number of ether oxygens (including phenoxy) is 2. The fourth-order valence-corrected chi connectivity index (χ4v) is 3.93. The lowest BCUT2D eigenvalue weighted by Gasteiger charge is -2.20. The molecule has 0 aliphatic carbocycles. The van der Waals surface area contributed by atoms with E-state index in [4.69, 9.17) is 9.47 Å². The van der Waals surface area contributed by atoms with Gasteiger partial charge in [0.1, 0.15) is 5.75 Å². The van der Waals surface area contributed by atoms with Gasteiger partial charge in [0.05, 0.1) is 25.5 Å². The average Bonchev–Trinajstić information content (AvgIpc) is 3.08. The molecule has 0 bridgehead atoms. The summed E-state index contributed by atoms with van der Waals surface area (Å²) in [6.45, 7) is 11.8. The fraction of sp³-hybridized carbons (Fsp3) is 0.478. The molecule has 1 heterocycles. The fourth-order valence-electron chi connectivity index (χ4n) is 3.04. The normalized spacial score (nSPS) is 10.8. The van der Waals surface area contributed by atoms with E-state index in [2.05, 4.69) is 29.1 Å². The van der Waals surface area contributed by atoms with E-state index >= 15 is 0 Å². The van der Waals surface area contributed by atoms with Crippen LogP contribution in [-0.4, -0.2) is 62.3 Å². The van der Waals surface area contributed by atoms with Gasteiger partial charge in [-0.05, 0) is 38.6 Å². The minimum Gasteiger partial charge on any atom is -0.493 e. The Morgan fingerprint density at radius 1 is 1.35 bits per heavy atom. The molecule has 1 aromatic carbocycles. The van der Waals surface area contributed by atoms with Crippen molar-refractivity contribution in [2.24, 2.45) is 0 Å². The molecule has 2 aromatic rings. The van der Waals surface area contributed by atoms with E-state index in [-0.39, 0.29) is 12.5 Å². The van der Waals surface area contributed by atoms with Gasteiger partial charge >= 0.3 is 5.97 Å². The van der Waals surface area contributed by atoms with Crippen LogP contribution >= 0.6 is 11.3 Å². The third-order valence-corrected chi connectivity index (χ3v) is 5.47. The first-order chi connectivity index (χ1) is 15.0. The van der Waals surface area contributed by atoms with Crippen LogP contribution in [-0.2, 0) is 22.5 Å². The Morgan fingerprint density at radius 3 is 2.94 bits per heavy atom. The first-order valence-corrected chi connectivity index (χ1v) is 11.4. The summed E-state index contributed by atoms with van der Waals surface area (Å²) < 4.78 is 11.0. The summed E-state index contributed by atoms with van der Waals surface area (Å²) in [5.74, 6) is 0.586. The molecule has 0 aliphatic heterocycles. The Labute approximate surface area is 189 Å². The van der Waals surface area contributed by atoms with Crippen molar-refractivity contribution in [1.29, 1.82) is 0 Å². The Bertz CT molecular complexity index is 825. The summed E-state index contributed by atoms with van der Waals surface area (Å²) in [7, 11) is 1.93. The largest absolute Gasteiger partial charge is 0.493 e. The summed E-state index contributed by atoms with van der Waals surface area (Å²) in [5.41, 5.74) is 2.14. The van der Waals surface area contributed by atoms with Crippen molar-refractivity contribution >= 4 is 22.4 Å². The maximum atomic E-state index is 11.8. The number of aromatic nitrogens is 1. The molecule has 31 heavy (non-hydrogen) atoms. The van der Waals surface area contributed by atoms with E-state index in [0.717, 1.165) is 41.6 Å². The van der Waals surface area contributed by atoms with Crippen LogP contribution in [0.25, 0.3) is 0 Å². The second-order valence-corrected chi connectivity index (χ2v) is 8.26. The topological polar surface area (TPSA) is 75.7 Å². The SMILES string of the molecule is C=CCN(CC(=O)OCC)Cc1cccc(OCCc2nc(NCCNC)sc2C)c1. The van der Waals surface area contributed by atoms with E-state index in [1.54, 1.807) is 17.4 Å². The molecule has 0 aliphatic rings. The molecule has 0 atom stereocenters. The molecule has 0 amide bonds. The minimum atomic E-state index is -0.227. The summed E-state index contributed by atoms with van der Waals surface area (Å²) in [4.78, 5) is 19.7. The standard InChI is InChI=1S/C23H34N4O3S/c1-5-13-27(17-22(28)29-6-2)16-19-8-7-9-20(15-19)30-14-10-21-18(3)31-23(26-21)25-12-11-24-4/h5,7-9,15,24H,1,6,10-14,16-17H2,2-4H3,(H,25,26). The molecule has 8 heteroatoms. The van der Waals surface area contributed by atoms with Crippen molar-refractivity contribution in [2.45, 2.75) is 26.8 Å². The predicted octanol–water partition coefficient (Wildman–Crippen LogP) is 3.26. The lowest BCUT2D eigenvalue weighted by atomic mass is 10.2. The van der Waals surface area contributed by atoms with Crippen molar-refractivity contribution in [1.82, 2.24) is 15.2 Å². The summed E-state index contributed by atoms with van der Waals surface area (Å²) in [6, 6.07) is 7.96. The number of aryl methyl sites for hydroxylation is 1. The van der Waals surface area contributed by atoms with Gasteiger partial charge in [0.25, 0.3) is 0 Å². The molecule has 2 N–H and O–H groups in total. The minimum absolute atomic E-state index is 0.227. The lowest BCUT2D eigenvalue weighted by molar-refractivity contribution is -0.144. The molecule has 0 spiro atoms. The smallest absolute Gasteiger partial charge is 0.320 e. The molecular weight excluding hydrogens is 412 g/mol. The molecule has 0 saturated heterocycles. The highest BCUT2D eigenvalue weighted by Gasteiger charge is 2.12. The van der Waals surface area contributed by atoms with Crippen molar-refractivity contribution in [3.05, 3.63) is 53.1 Å². The predicted molar refractivity (Wildman–Crippen MR) is 127 cm³/mol. The number of carbonyl (C=O) groups is 1. The number of anilines is 1. The third kappa shape index (κ3) is 9.08. The molecule has 0 saturated carbocycles. The van der Waals surface area contributed by atoms with Crippen LogP contribution < -0.4 is 15.4 Å². The van der Waals surface area contributed by atoms with Crippen LogP contribution in [0.1, 0.15) is 23.1 Å². The van der Waals surface area contributed by atoms with Gasteiger partial charge in [-0.3, -0.25) is 9.69 Å². The van der Waals surface area contributed by atoms with Crippen molar-refractivity contribution < 1.29 is 14.3 Å². The zero-order valence-electron chi connectivity index (χ0n) is 18.8. The highest BCUT2D eigenvalue weighted by molar-refractivity contribution is 7.15. The summed E-state index contributed by atoms with van der Waals surface area (Å²) >= 11 is 1.68. The molecule has 0 radical (unpaired) electrons. The number of carbonyl (C=O) groups excluding carboxylic acids is 1. The van der Waals surface area contributed by atoms with Gasteiger partial charge in [0.2, 0.25) is 0 Å². The van der Waals surface area contributed by atoms with E-state index in [0.29, 0.717) is 26.3 Å². The van der Waals surface area contributed by atoms with E-state index < -0.39 is 0 Å². The number of thiazole rings is 1. The zero-order chi connectivity index (χ0) is 22.5. The van der Waals surface area contributed by atoms with Gasteiger partial charge in [-0.15, -0.1) is 17.9 Å². The second kappa shape index (κ2) is 13.8. The van der Waals surface area contributed by atoms with Crippen LogP contribution in [0.15, 0.2) is 36.9 Å². The maximum absolute atomic E-state index is 11.8. The van der Waals surface area contributed by atoms with E-state index in [1.165, 1.54) is 4.88 Å². The number of benzene rings is 1. The number of likely N-dealkylation sites (N-methyl/N-ethyl adjacent to an activating group) is 1. The third-order valence-electron chi connectivity index (χ3n) is 4.50. The lowest BCUT2D eigenvalue weighted by Crippen LogP contribution is -2.30. The summed E-state index contributed by atoms with van der Waals surface area (Å²) in [6.07, 6.45) is 2.55. The highest BCUT2D eigenvalue weighted by Crippen LogP contribution is 2.23. The number of hydrogen-bond acceptors (Lipinski definition) is 8. The quantitative estimate of drug-likeness (QED) is 0.247. The number of rotatable bonds is 15. The van der Waals surface area contributed by atoms with E-state index in [9.17, 15) is 4.79 Å². The number of hydrogen-bond donors (Lipinski definition) is 2. The van der Waals surface area contributed by atoms with E-state index in [1.807, 2.05) is 43.1 Å². The van der Waals surface area contributed by atoms with Crippen molar-refractivity contribution in [2.75, 3.05) is 51.8 Å². The summed E-state index contributed by atoms with van der Waals surface area (Å²) in [5, 5.41) is 7.40. The molecule has 1 aromatic heterocycles. The van der Waals surface area contributed by atoms with Gasteiger partial charge in [0, 0.05) is 37.5 Å². The van der Waals surface area contributed by atoms with Gasteiger partial charge in [-0.25, -0.2) is 4.98 Å². The second-order valence-electron chi connectivity index (χ2n) is 7.06. The maximum Gasteiger partial charge on any atom is 0.320 e. The van der Waals surface area contributed by atoms with Crippen LogP contribution in [0.5, 0.6) is 5.75 Å². The first kappa shape index (κ1) is 24.8. The van der Waals surface area contributed by atoms with Gasteiger partial charge in [-0.1, -0.05) is 18.2 Å². The Balaban J connectivity index is 1.87. The van der Waals surface area contributed by atoms with Crippen LogP contribution in [0.4, 0.5) is 5.13 Å². The molecule has 0 fully saturated rings. The number of esters is 1. The average molecular weight is 447 g/mol. The molecule has 0 unspecified atom stereocenters. The van der Waals surface area contributed by atoms with Crippen LogP contribution in [0, 0.1) is 6.92 Å².